The maximum absolute atomic E-state index is 8.48. The maximum atomic E-state index is 8.48. The van der Waals surface area contributed by atoms with Crippen LogP contribution >= 0.6 is 0 Å². The lowest BCUT2D eigenvalue weighted by molar-refractivity contribution is 0.316. The van der Waals surface area contributed by atoms with Crippen molar-refractivity contribution in [2.45, 2.75) is 19.9 Å². The normalized spacial score (nSPS) is 13.2. The van der Waals surface area contributed by atoms with Gasteiger partial charge in [0.15, 0.2) is 5.84 Å². The second-order valence-electron chi connectivity index (χ2n) is 3.21. The highest BCUT2D eigenvalue weighted by molar-refractivity contribution is 5.87. The van der Waals surface area contributed by atoms with E-state index < -0.39 is 0 Å². The van der Waals surface area contributed by atoms with Gasteiger partial charge in [-0.1, -0.05) is 5.16 Å². The molecule has 1 aromatic rings. The SMILES string of the molecule is CCOc1ccc(NC(C)C(N)=NO)cn1. The molecule has 1 heterocycles. The highest BCUT2D eigenvalue weighted by Gasteiger charge is 2.07. The Balaban J connectivity index is 2.61. The van der Waals surface area contributed by atoms with Gasteiger partial charge in [-0.15, -0.1) is 0 Å². The van der Waals surface area contributed by atoms with Crippen molar-refractivity contribution in [1.29, 1.82) is 0 Å². The standard InChI is InChI=1S/C10H16N4O2/c1-3-16-9-5-4-8(6-12-9)13-7(2)10(11)14-15/h4-7,13,15H,3H2,1-2H3,(H2,11,14). The first-order valence-corrected chi connectivity index (χ1v) is 5.00. The quantitative estimate of drug-likeness (QED) is 0.300. The lowest BCUT2D eigenvalue weighted by Gasteiger charge is -2.13. The molecule has 0 aliphatic heterocycles. The van der Waals surface area contributed by atoms with Crippen LogP contribution < -0.4 is 15.8 Å². The minimum absolute atomic E-state index is 0.119. The van der Waals surface area contributed by atoms with Gasteiger partial charge in [0.05, 0.1) is 24.5 Å². The second-order valence-corrected chi connectivity index (χ2v) is 3.21. The van der Waals surface area contributed by atoms with E-state index in [9.17, 15) is 0 Å². The summed E-state index contributed by atoms with van der Waals surface area (Å²) in [5.74, 6) is 0.693. The second kappa shape index (κ2) is 5.79. The van der Waals surface area contributed by atoms with E-state index >= 15 is 0 Å². The Kier molecular flexibility index (Phi) is 4.38. The molecule has 0 amide bonds. The van der Waals surface area contributed by atoms with Crippen molar-refractivity contribution < 1.29 is 9.94 Å². The lowest BCUT2D eigenvalue weighted by Crippen LogP contribution is -2.32. The Morgan fingerprint density at radius 3 is 2.94 bits per heavy atom. The maximum Gasteiger partial charge on any atom is 0.213 e. The summed E-state index contributed by atoms with van der Waals surface area (Å²) in [6.07, 6.45) is 1.63. The van der Waals surface area contributed by atoms with Gasteiger partial charge in [-0.3, -0.25) is 0 Å². The average molecular weight is 224 g/mol. The molecule has 0 aliphatic rings. The molecule has 0 radical (unpaired) electrons. The molecule has 1 unspecified atom stereocenters. The van der Waals surface area contributed by atoms with Gasteiger partial charge in [-0.25, -0.2) is 4.98 Å². The Hall–Kier alpha value is -1.98. The van der Waals surface area contributed by atoms with Crippen LogP contribution in [0.5, 0.6) is 5.88 Å². The fraction of sp³-hybridized carbons (Fsp3) is 0.400. The third-order valence-corrected chi connectivity index (χ3v) is 1.97. The van der Waals surface area contributed by atoms with Crippen LogP contribution in [-0.2, 0) is 0 Å². The molecule has 0 fully saturated rings. The molecule has 0 spiro atoms. The zero-order chi connectivity index (χ0) is 12.0. The third-order valence-electron chi connectivity index (χ3n) is 1.97. The number of nitrogens with two attached hydrogens (primary N) is 1. The van der Waals surface area contributed by atoms with Crippen molar-refractivity contribution in [3.63, 3.8) is 0 Å². The van der Waals surface area contributed by atoms with E-state index in [-0.39, 0.29) is 11.9 Å². The van der Waals surface area contributed by atoms with Crippen molar-refractivity contribution in [1.82, 2.24) is 4.98 Å². The van der Waals surface area contributed by atoms with Crippen molar-refractivity contribution in [3.05, 3.63) is 18.3 Å². The molecule has 88 valence electrons. The van der Waals surface area contributed by atoms with Crippen molar-refractivity contribution in [2.24, 2.45) is 10.9 Å². The minimum Gasteiger partial charge on any atom is -0.478 e. The molecule has 1 rings (SSSR count). The Morgan fingerprint density at radius 1 is 1.69 bits per heavy atom. The number of amidine groups is 1. The van der Waals surface area contributed by atoms with Gasteiger partial charge in [-0.05, 0) is 19.9 Å². The van der Waals surface area contributed by atoms with Crippen molar-refractivity contribution in [2.75, 3.05) is 11.9 Å². The van der Waals surface area contributed by atoms with E-state index in [0.29, 0.717) is 12.5 Å². The number of oxime groups is 1. The fourth-order valence-electron chi connectivity index (χ4n) is 1.11. The summed E-state index contributed by atoms with van der Waals surface area (Å²) in [6.45, 7) is 4.26. The number of aromatic nitrogens is 1. The molecule has 1 atom stereocenters. The smallest absolute Gasteiger partial charge is 0.213 e. The summed E-state index contributed by atoms with van der Waals surface area (Å²) < 4.78 is 5.21. The average Bonchev–Trinajstić information content (AvgIpc) is 2.31. The number of nitrogens with zero attached hydrogens (tertiary/aromatic N) is 2. The monoisotopic (exact) mass is 224 g/mol. The third kappa shape index (κ3) is 3.30. The van der Waals surface area contributed by atoms with E-state index in [1.165, 1.54) is 0 Å². The number of rotatable bonds is 5. The number of hydrogen-bond acceptors (Lipinski definition) is 5. The molecule has 0 saturated carbocycles. The molecule has 0 saturated heterocycles. The molecule has 6 nitrogen and oxygen atoms in total. The molecule has 6 heteroatoms. The summed E-state index contributed by atoms with van der Waals surface area (Å²) in [4.78, 5) is 4.08. The van der Waals surface area contributed by atoms with Gasteiger partial charge >= 0.3 is 0 Å². The topological polar surface area (TPSA) is 92.8 Å². The van der Waals surface area contributed by atoms with Gasteiger partial charge in [0, 0.05) is 6.07 Å². The molecule has 4 N–H and O–H groups in total. The summed E-state index contributed by atoms with van der Waals surface area (Å²) in [5, 5.41) is 14.4. The molecule has 1 aromatic heterocycles. The number of ether oxygens (including phenoxy) is 1. The molecule has 0 aromatic carbocycles. The summed E-state index contributed by atoms with van der Waals surface area (Å²) in [7, 11) is 0. The largest absolute Gasteiger partial charge is 0.478 e. The molecule has 16 heavy (non-hydrogen) atoms. The van der Waals surface area contributed by atoms with Gasteiger partial charge in [0.1, 0.15) is 0 Å². The van der Waals surface area contributed by atoms with Crippen LogP contribution in [0.1, 0.15) is 13.8 Å². The van der Waals surface area contributed by atoms with Crippen LogP contribution in [0.3, 0.4) is 0 Å². The minimum atomic E-state index is -0.259. The van der Waals surface area contributed by atoms with E-state index in [1.807, 2.05) is 13.0 Å². The predicted molar refractivity (Wildman–Crippen MR) is 61.9 cm³/mol. The summed E-state index contributed by atoms with van der Waals surface area (Å²) >= 11 is 0. The molecule has 0 aliphatic carbocycles. The Bertz CT molecular complexity index is 350. The van der Waals surface area contributed by atoms with Crippen molar-refractivity contribution in [3.8, 4) is 5.88 Å². The van der Waals surface area contributed by atoms with Crippen molar-refractivity contribution >= 4 is 11.5 Å². The van der Waals surface area contributed by atoms with E-state index in [1.54, 1.807) is 19.2 Å². The molecular weight excluding hydrogens is 208 g/mol. The van der Waals surface area contributed by atoms with Gasteiger partial charge < -0.3 is 21.0 Å². The first kappa shape index (κ1) is 12.1. The highest BCUT2D eigenvalue weighted by atomic mass is 16.5. The van der Waals surface area contributed by atoms with Crippen LogP contribution in [0.25, 0.3) is 0 Å². The Labute approximate surface area is 94.1 Å². The molecular formula is C10H16N4O2. The van der Waals surface area contributed by atoms with Crippen LogP contribution in [-0.4, -0.2) is 28.7 Å². The van der Waals surface area contributed by atoms with Gasteiger partial charge in [-0.2, -0.15) is 0 Å². The summed E-state index contributed by atoms with van der Waals surface area (Å²) in [5.41, 5.74) is 6.21. The fourth-order valence-corrected chi connectivity index (χ4v) is 1.11. The van der Waals surface area contributed by atoms with Crippen LogP contribution in [0.4, 0.5) is 5.69 Å². The van der Waals surface area contributed by atoms with Crippen LogP contribution in [0, 0.1) is 0 Å². The number of anilines is 1. The zero-order valence-electron chi connectivity index (χ0n) is 9.34. The first-order chi connectivity index (χ1) is 7.67. The number of hydrogen-bond donors (Lipinski definition) is 3. The van der Waals surface area contributed by atoms with E-state index in [2.05, 4.69) is 15.5 Å². The van der Waals surface area contributed by atoms with E-state index in [4.69, 9.17) is 15.7 Å². The van der Waals surface area contributed by atoms with Crippen LogP contribution in [0.15, 0.2) is 23.5 Å². The van der Waals surface area contributed by atoms with Gasteiger partial charge in [0.2, 0.25) is 5.88 Å². The van der Waals surface area contributed by atoms with Gasteiger partial charge in [0.25, 0.3) is 0 Å². The Morgan fingerprint density at radius 2 is 2.44 bits per heavy atom. The predicted octanol–water partition coefficient (Wildman–Crippen LogP) is 1.03. The van der Waals surface area contributed by atoms with E-state index in [0.717, 1.165) is 5.69 Å². The first-order valence-electron chi connectivity index (χ1n) is 5.00. The molecule has 0 bridgehead atoms. The lowest BCUT2D eigenvalue weighted by atomic mass is 10.3. The zero-order valence-corrected chi connectivity index (χ0v) is 9.34. The van der Waals surface area contributed by atoms with Crippen LogP contribution in [0.2, 0.25) is 0 Å². The summed E-state index contributed by atoms with van der Waals surface area (Å²) in [6, 6.07) is 3.31. The number of nitrogens with one attached hydrogen (secondary N) is 1. The number of pyridine rings is 1. The highest BCUT2D eigenvalue weighted by Crippen LogP contribution is 2.12.